The first-order valence-corrected chi connectivity index (χ1v) is 10.5. The van der Waals surface area contributed by atoms with Gasteiger partial charge in [-0.05, 0) is 61.2 Å². The summed E-state index contributed by atoms with van der Waals surface area (Å²) in [5.41, 5.74) is 1.01. The first-order valence-electron chi connectivity index (χ1n) is 10.5. The Morgan fingerprint density at radius 3 is 2.22 bits per heavy atom. The lowest BCUT2D eigenvalue weighted by Gasteiger charge is -2.46. The molecule has 0 amide bonds. The summed E-state index contributed by atoms with van der Waals surface area (Å²) in [5.74, 6) is 1.65. The second kappa shape index (κ2) is 9.90. The molecule has 2 unspecified atom stereocenters. The third-order valence-electron chi connectivity index (χ3n) is 6.76. The Bertz CT molecular complexity index is 336. The minimum atomic E-state index is 0.479. The summed E-state index contributed by atoms with van der Waals surface area (Å²) in [6, 6.07) is 0. The Morgan fingerprint density at radius 2 is 1.61 bits per heavy atom. The molecule has 23 heavy (non-hydrogen) atoms. The molecule has 0 aromatic rings. The van der Waals surface area contributed by atoms with Crippen LogP contribution in [0.1, 0.15) is 112 Å². The summed E-state index contributed by atoms with van der Waals surface area (Å²) < 4.78 is 0. The highest BCUT2D eigenvalue weighted by Gasteiger charge is 2.39. The smallest absolute Gasteiger partial charge is 0.0235 e. The van der Waals surface area contributed by atoms with Gasteiger partial charge in [-0.1, -0.05) is 85.8 Å². The number of hydrogen-bond acceptors (Lipinski definition) is 0. The molecule has 1 aliphatic rings. The van der Waals surface area contributed by atoms with Crippen molar-refractivity contribution in [2.24, 2.45) is 22.7 Å². The molecule has 0 radical (unpaired) electrons. The van der Waals surface area contributed by atoms with Crippen LogP contribution < -0.4 is 0 Å². The summed E-state index contributed by atoms with van der Waals surface area (Å²) in [7, 11) is 0. The molecule has 0 N–H and O–H groups in total. The molecule has 136 valence electrons. The Kier molecular flexibility index (Phi) is 8.94. The van der Waals surface area contributed by atoms with Gasteiger partial charge in [0.15, 0.2) is 0 Å². The van der Waals surface area contributed by atoms with E-state index in [0.29, 0.717) is 10.8 Å². The molecule has 1 aliphatic carbocycles. The van der Waals surface area contributed by atoms with E-state index in [1.807, 2.05) is 0 Å². The lowest BCUT2D eigenvalue weighted by atomic mass is 9.59. The molecule has 0 saturated carbocycles. The zero-order chi connectivity index (χ0) is 17.3. The van der Waals surface area contributed by atoms with E-state index in [1.165, 1.54) is 70.6 Å². The maximum Gasteiger partial charge on any atom is -0.0235 e. The van der Waals surface area contributed by atoms with Crippen LogP contribution >= 0.6 is 0 Å². The van der Waals surface area contributed by atoms with Crippen molar-refractivity contribution in [3.63, 3.8) is 0 Å². The Morgan fingerprint density at radius 1 is 0.957 bits per heavy atom. The molecule has 0 aromatic carbocycles. The monoisotopic (exact) mass is 320 g/mol. The number of rotatable bonds is 6. The van der Waals surface area contributed by atoms with Crippen LogP contribution in [0.15, 0.2) is 12.2 Å². The maximum absolute atomic E-state index is 2.54. The van der Waals surface area contributed by atoms with Gasteiger partial charge in [0.25, 0.3) is 0 Å². The quantitative estimate of drug-likeness (QED) is 0.433. The number of allylic oxidation sites excluding steroid dienone is 2. The van der Waals surface area contributed by atoms with Crippen molar-refractivity contribution in [3.8, 4) is 0 Å². The minimum absolute atomic E-state index is 0.479. The van der Waals surface area contributed by atoms with Crippen molar-refractivity contribution < 1.29 is 0 Å². The van der Waals surface area contributed by atoms with Crippen LogP contribution in [0.25, 0.3) is 0 Å². The summed E-state index contributed by atoms with van der Waals surface area (Å²) in [5, 5.41) is 0. The molecule has 0 fully saturated rings. The predicted molar refractivity (Wildman–Crippen MR) is 106 cm³/mol. The van der Waals surface area contributed by atoms with Gasteiger partial charge in [-0.15, -0.1) is 0 Å². The molecule has 0 aliphatic heterocycles. The van der Waals surface area contributed by atoms with Gasteiger partial charge in [-0.3, -0.25) is 0 Å². The SMILES string of the molecule is CCC(C)(C)CC(C(C)C)C1(CC)CC=CCCCCCCC1. The Hall–Kier alpha value is -0.260. The minimum Gasteiger partial charge on any atom is -0.0885 e. The molecular weight excluding hydrogens is 276 g/mol. The van der Waals surface area contributed by atoms with Crippen LogP contribution in [0.5, 0.6) is 0 Å². The van der Waals surface area contributed by atoms with Gasteiger partial charge in [-0.2, -0.15) is 0 Å². The summed E-state index contributed by atoms with van der Waals surface area (Å²) >= 11 is 0. The summed E-state index contributed by atoms with van der Waals surface area (Å²) in [6.07, 6.45) is 20.3. The summed E-state index contributed by atoms with van der Waals surface area (Å²) in [4.78, 5) is 0. The van der Waals surface area contributed by atoms with Gasteiger partial charge in [-0.25, -0.2) is 0 Å². The second-order valence-corrected chi connectivity index (χ2v) is 9.27. The van der Waals surface area contributed by atoms with Crippen molar-refractivity contribution in [2.45, 2.75) is 112 Å². The fraction of sp³-hybridized carbons (Fsp3) is 0.913. The van der Waals surface area contributed by atoms with E-state index in [4.69, 9.17) is 0 Å². The van der Waals surface area contributed by atoms with Crippen molar-refractivity contribution in [1.29, 1.82) is 0 Å². The third-order valence-corrected chi connectivity index (χ3v) is 6.76. The van der Waals surface area contributed by atoms with Gasteiger partial charge in [0, 0.05) is 0 Å². The van der Waals surface area contributed by atoms with Gasteiger partial charge in [0.2, 0.25) is 0 Å². The molecule has 0 spiro atoms. The fourth-order valence-corrected chi connectivity index (χ4v) is 4.63. The van der Waals surface area contributed by atoms with Crippen molar-refractivity contribution in [1.82, 2.24) is 0 Å². The van der Waals surface area contributed by atoms with E-state index in [-0.39, 0.29) is 0 Å². The molecule has 2 atom stereocenters. The highest BCUT2D eigenvalue weighted by atomic mass is 14.4. The zero-order valence-corrected chi connectivity index (χ0v) is 17.1. The van der Waals surface area contributed by atoms with Crippen LogP contribution in [0, 0.1) is 22.7 Å². The first kappa shape index (κ1) is 20.8. The van der Waals surface area contributed by atoms with Crippen molar-refractivity contribution in [2.75, 3.05) is 0 Å². The van der Waals surface area contributed by atoms with Crippen LogP contribution in [0.3, 0.4) is 0 Å². The van der Waals surface area contributed by atoms with Crippen molar-refractivity contribution >= 4 is 0 Å². The lowest BCUT2D eigenvalue weighted by molar-refractivity contribution is 0.0503. The van der Waals surface area contributed by atoms with E-state index < -0.39 is 0 Å². The van der Waals surface area contributed by atoms with Crippen molar-refractivity contribution in [3.05, 3.63) is 12.2 Å². The van der Waals surface area contributed by atoms with Crippen LogP contribution in [0.4, 0.5) is 0 Å². The van der Waals surface area contributed by atoms with Gasteiger partial charge >= 0.3 is 0 Å². The van der Waals surface area contributed by atoms with Gasteiger partial charge in [0.1, 0.15) is 0 Å². The average molecular weight is 321 g/mol. The van der Waals surface area contributed by atoms with Crippen LogP contribution in [-0.2, 0) is 0 Å². The number of hydrogen-bond donors (Lipinski definition) is 0. The Labute approximate surface area is 147 Å². The molecule has 0 heteroatoms. The molecular formula is C23H44. The molecule has 0 saturated heterocycles. The third kappa shape index (κ3) is 6.63. The standard InChI is InChI=1S/C23H44/c1-7-22(5,6)19-21(20(3)4)23(8-2)17-15-13-11-9-10-12-14-16-18-23/h13,15,20-21H,7-12,14,16-19H2,1-6H3. The zero-order valence-electron chi connectivity index (χ0n) is 17.1. The Balaban J connectivity index is 3.02. The predicted octanol–water partition coefficient (Wildman–Crippen LogP) is 8.17. The molecule has 0 bridgehead atoms. The maximum atomic E-state index is 2.54. The highest BCUT2D eigenvalue weighted by Crippen LogP contribution is 2.49. The second-order valence-electron chi connectivity index (χ2n) is 9.27. The van der Waals surface area contributed by atoms with Gasteiger partial charge < -0.3 is 0 Å². The topological polar surface area (TPSA) is 0 Å². The normalized spacial score (nSPS) is 26.0. The molecule has 0 aromatic heterocycles. The molecule has 0 nitrogen and oxygen atoms in total. The van der Waals surface area contributed by atoms with E-state index >= 15 is 0 Å². The van der Waals surface area contributed by atoms with E-state index in [0.717, 1.165) is 11.8 Å². The van der Waals surface area contributed by atoms with E-state index in [9.17, 15) is 0 Å². The van der Waals surface area contributed by atoms with E-state index in [2.05, 4.69) is 53.7 Å². The molecule has 1 rings (SSSR count). The first-order chi connectivity index (χ1) is 10.9. The van der Waals surface area contributed by atoms with Crippen LogP contribution in [0.2, 0.25) is 0 Å². The molecule has 0 heterocycles. The van der Waals surface area contributed by atoms with Gasteiger partial charge in [0.05, 0.1) is 0 Å². The average Bonchev–Trinajstić information content (AvgIpc) is 2.57. The van der Waals surface area contributed by atoms with E-state index in [1.54, 1.807) is 0 Å². The summed E-state index contributed by atoms with van der Waals surface area (Å²) in [6.45, 7) is 14.7. The lowest BCUT2D eigenvalue weighted by Crippen LogP contribution is -2.36. The van der Waals surface area contributed by atoms with Crippen LogP contribution in [-0.4, -0.2) is 0 Å². The largest absolute Gasteiger partial charge is 0.0885 e. The highest BCUT2D eigenvalue weighted by molar-refractivity contribution is 4.97. The fourth-order valence-electron chi connectivity index (χ4n) is 4.63.